The third kappa shape index (κ3) is 5.41. The lowest BCUT2D eigenvalue weighted by Crippen LogP contribution is -2.25. The molecule has 7 heteroatoms. The van der Waals surface area contributed by atoms with Crippen molar-refractivity contribution in [2.45, 2.75) is 26.7 Å². The highest BCUT2D eigenvalue weighted by Crippen LogP contribution is 2.27. The molecule has 0 heterocycles. The van der Waals surface area contributed by atoms with Gasteiger partial charge in [0.2, 0.25) is 0 Å². The van der Waals surface area contributed by atoms with E-state index in [4.69, 9.17) is 4.74 Å². The quantitative estimate of drug-likeness (QED) is 0.467. The van der Waals surface area contributed by atoms with Crippen LogP contribution in [0, 0.1) is 17.0 Å². The second-order valence-corrected chi connectivity index (χ2v) is 6.13. The second kappa shape index (κ2) is 8.75. The van der Waals surface area contributed by atoms with Crippen LogP contribution in [0.4, 0.5) is 5.69 Å². The van der Waals surface area contributed by atoms with Crippen LogP contribution in [-0.2, 0) is 4.79 Å². The number of amides is 1. The molecule has 7 nitrogen and oxygen atoms in total. The lowest BCUT2D eigenvalue weighted by atomic mass is 10.0. The number of nitrogens with one attached hydrogen (secondary N) is 1. The van der Waals surface area contributed by atoms with E-state index >= 15 is 0 Å². The molecule has 0 aromatic heterocycles. The fraction of sp³-hybridized carbons (Fsp3) is 0.263. The molecule has 0 bridgehead atoms. The number of hydrogen-bond donors (Lipinski definition) is 1. The molecule has 0 unspecified atom stereocenters. The third-order valence-electron chi connectivity index (χ3n) is 3.66. The molecule has 2 aromatic carbocycles. The van der Waals surface area contributed by atoms with Crippen LogP contribution in [0.1, 0.15) is 36.5 Å². The SMILES string of the molecule is Cc1ccc(C(C)C)c(OCC(=O)N/N=C\c2ccc([N+](=O)[O-])cc2)c1. The van der Waals surface area contributed by atoms with Crippen molar-refractivity contribution in [1.82, 2.24) is 5.43 Å². The maximum absolute atomic E-state index is 11.9. The average Bonchev–Trinajstić information content (AvgIpc) is 2.60. The summed E-state index contributed by atoms with van der Waals surface area (Å²) in [5.41, 5.74) is 5.11. The van der Waals surface area contributed by atoms with E-state index in [1.54, 1.807) is 12.1 Å². The van der Waals surface area contributed by atoms with Crippen molar-refractivity contribution in [3.63, 3.8) is 0 Å². The second-order valence-electron chi connectivity index (χ2n) is 6.13. The Labute approximate surface area is 151 Å². The van der Waals surface area contributed by atoms with Crippen LogP contribution in [-0.4, -0.2) is 23.7 Å². The van der Waals surface area contributed by atoms with E-state index in [2.05, 4.69) is 24.4 Å². The van der Waals surface area contributed by atoms with Gasteiger partial charge in [-0.25, -0.2) is 5.43 Å². The molecule has 0 aliphatic rings. The number of ether oxygens (including phenoxy) is 1. The van der Waals surface area contributed by atoms with Gasteiger partial charge in [0.25, 0.3) is 11.6 Å². The van der Waals surface area contributed by atoms with Crippen LogP contribution >= 0.6 is 0 Å². The van der Waals surface area contributed by atoms with Crippen LogP contribution in [0.15, 0.2) is 47.6 Å². The Morgan fingerprint density at radius 2 is 1.96 bits per heavy atom. The Hall–Kier alpha value is -3.22. The highest BCUT2D eigenvalue weighted by Gasteiger charge is 2.10. The van der Waals surface area contributed by atoms with Gasteiger partial charge >= 0.3 is 0 Å². The van der Waals surface area contributed by atoms with Gasteiger partial charge in [-0.1, -0.05) is 26.0 Å². The Bertz CT molecular complexity index is 814. The number of nitro groups is 1. The zero-order chi connectivity index (χ0) is 19.1. The van der Waals surface area contributed by atoms with Crippen molar-refractivity contribution in [3.05, 3.63) is 69.3 Å². The molecule has 0 aliphatic carbocycles. The molecule has 0 saturated heterocycles. The molecule has 0 aliphatic heterocycles. The van der Waals surface area contributed by atoms with Gasteiger partial charge in [0.15, 0.2) is 6.61 Å². The number of hydrazone groups is 1. The van der Waals surface area contributed by atoms with Crippen molar-refractivity contribution in [1.29, 1.82) is 0 Å². The molecule has 0 spiro atoms. The lowest BCUT2D eigenvalue weighted by Gasteiger charge is -2.14. The molecule has 0 saturated carbocycles. The summed E-state index contributed by atoms with van der Waals surface area (Å²) in [6.07, 6.45) is 1.41. The monoisotopic (exact) mass is 355 g/mol. The van der Waals surface area contributed by atoms with Crippen LogP contribution in [0.3, 0.4) is 0 Å². The van der Waals surface area contributed by atoms with Gasteiger partial charge in [-0.15, -0.1) is 0 Å². The van der Waals surface area contributed by atoms with E-state index in [0.717, 1.165) is 11.1 Å². The third-order valence-corrected chi connectivity index (χ3v) is 3.66. The van der Waals surface area contributed by atoms with Gasteiger partial charge in [-0.3, -0.25) is 14.9 Å². The summed E-state index contributed by atoms with van der Waals surface area (Å²) in [6.45, 7) is 5.94. The minimum atomic E-state index is -0.475. The standard InChI is InChI=1S/C19H21N3O4/c1-13(2)17-9-4-14(3)10-18(17)26-12-19(23)21-20-11-15-5-7-16(8-6-15)22(24)25/h4-11,13H,12H2,1-3H3,(H,21,23)/b20-11-. The number of benzene rings is 2. The highest BCUT2D eigenvalue weighted by molar-refractivity contribution is 5.83. The van der Waals surface area contributed by atoms with Gasteiger partial charge in [0.05, 0.1) is 11.1 Å². The number of non-ortho nitro benzene ring substituents is 1. The lowest BCUT2D eigenvalue weighted by molar-refractivity contribution is -0.384. The van der Waals surface area contributed by atoms with E-state index in [-0.39, 0.29) is 24.1 Å². The van der Waals surface area contributed by atoms with Gasteiger partial charge in [-0.2, -0.15) is 5.10 Å². The van der Waals surface area contributed by atoms with Gasteiger partial charge in [-0.05, 0) is 47.7 Å². The molecule has 2 aromatic rings. The summed E-state index contributed by atoms with van der Waals surface area (Å²) in [5.74, 6) is 0.586. The molecule has 0 atom stereocenters. The number of hydrogen-bond acceptors (Lipinski definition) is 5. The Morgan fingerprint density at radius 1 is 1.27 bits per heavy atom. The molecule has 136 valence electrons. The predicted molar refractivity (Wildman–Crippen MR) is 99.6 cm³/mol. The minimum absolute atomic E-state index is 0.00121. The number of aryl methyl sites for hydroxylation is 1. The number of carbonyl (C=O) groups is 1. The summed E-state index contributed by atoms with van der Waals surface area (Å²) in [5, 5.41) is 14.4. The zero-order valence-electron chi connectivity index (χ0n) is 14.9. The van der Waals surface area contributed by atoms with Crippen molar-refractivity contribution >= 4 is 17.8 Å². The molecule has 1 amide bonds. The Balaban J connectivity index is 1.89. The number of carbonyl (C=O) groups excluding carboxylic acids is 1. The van der Waals surface area contributed by atoms with E-state index in [0.29, 0.717) is 11.3 Å². The number of nitro benzene ring substituents is 1. The van der Waals surface area contributed by atoms with Crippen LogP contribution in [0.25, 0.3) is 0 Å². The Morgan fingerprint density at radius 3 is 2.58 bits per heavy atom. The summed E-state index contributed by atoms with van der Waals surface area (Å²) in [7, 11) is 0. The number of rotatable bonds is 7. The average molecular weight is 355 g/mol. The maximum Gasteiger partial charge on any atom is 0.277 e. The molecular formula is C19H21N3O4. The number of nitrogens with zero attached hydrogens (tertiary/aromatic N) is 2. The first-order valence-electron chi connectivity index (χ1n) is 8.16. The van der Waals surface area contributed by atoms with Crippen molar-refractivity contribution in [2.75, 3.05) is 6.61 Å². The zero-order valence-corrected chi connectivity index (χ0v) is 14.9. The Kier molecular flexibility index (Phi) is 6.43. The normalized spacial score (nSPS) is 10.9. The summed E-state index contributed by atoms with van der Waals surface area (Å²) >= 11 is 0. The van der Waals surface area contributed by atoms with Crippen LogP contribution in [0.5, 0.6) is 5.75 Å². The van der Waals surface area contributed by atoms with E-state index in [1.807, 2.05) is 25.1 Å². The largest absolute Gasteiger partial charge is 0.483 e. The molecule has 1 N–H and O–H groups in total. The van der Waals surface area contributed by atoms with Gasteiger partial charge in [0, 0.05) is 12.1 Å². The summed E-state index contributed by atoms with van der Waals surface area (Å²) in [6, 6.07) is 11.8. The molecule has 0 radical (unpaired) electrons. The van der Waals surface area contributed by atoms with Crippen LogP contribution < -0.4 is 10.2 Å². The van der Waals surface area contributed by atoms with Gasteiger partial charge < -0.3 is 4.74 Å². The van der Waals surface area contributed by atoms with Crippen LogP contribution in [0.2, 0.25) is 0 Å². The first kappa shape index (κ1) is 19.1. The maximum atomic E-state index is 11.9. The molecular weight excluding hydrogens is 334 g/mol. The van der Waals surface area contributed by atoms with E-state index in [1.165, 1.54) is 18.3 Å². The summed E-state index contributed by atoms with van der Waals surface area (Å²) < 4.78 is 5.63. The first-order chi connectivity index (χ1) is 12.4. The fourth-order valence-electron chi connectivity index (χ4n) is 2.28. The van der Waals surface area contributed by atoms with Crippen molar-refractivity contribution < 1.29 is 14.5 Å². The first-order valence-corrected chi connectivity index (χ1v) is 8.16. The molecule has 26 heavy (non-hydrogen) atoms. The van der Waals surface area contributed by atoms with E-state index < -0.39 is 4.92 Å². The predicted octanol–water partition coefficient (Wildman–Crippen LogP) is 3.56. The molecule has 2 rings (SSSR count). The summed E-state index contributed by atoms with van der Waals surface area (Å²) in [4.78, 5) is 22.0. The fourth-order valence-corrected chi connectivity index (χ4v) is 2.28. The highest BCUT2D eigenvalue weighted by atomic mass is 16.6. The van der Waals surface area contributed by atoms with E-state index in [9.17, 15) is 14.9 Å². The minimum Gasteiger partial charge on any atom is -0.483 e. The smallest absolute Gasteiger partial charge is 0.277 e. The van der Waals surface area contributed by atoms with Gasteiger partial charge in [0.1, 0.15) is 5.75 Å². The van der Waals surface area contributed by atoms with Crippen molar-refractivity contribution in [3.8, 4) is 5.75 Å². The molecule has 0 fully saturated rings. The topological polar surface area (TPSA) is 93.8 Å². The van der Waals surface area contributed by atoms with Crippen molar-refractivity contribution in [2.24, 2.45) is 5.10 Å².